The first-order chi connectivity index (χ1) is 22.8. The van der Waals surface area contributed by atoms with Crippen LogP contribution in [-0.2, 0) is 11.2 Å². The Bertz CT molecular complexity index is 1830. The zero-order valence-electron chi connectivity index (χ0n) is 29.0. The average molecular weight is 560 g/mol. The molecule has 0 aliphatic carbocycles. The number of piperazine rings is 1. The van der Waals surface area contributed by atoms with Gasteiger partial charge in [0.25, 0.3) is 0 Å². The summed E-state index contributed by atoms with van der Waals surface area (Å²) >= 11 is 0. The van der Waals surface area contributed by atoms with E-state index in [1.54, 1.807) is 30.6 Å². The van der Waals surface area contributed by atoms with Crippen LogP contribution < -0.4 is 19.7 Å². The van der Waals surface area contributed by atoms with Crippen molar-refractivity contribution in [3.05, 3.63) is 66.2 Å². The molecule has 0 saturated carbocycles. The van der Waals surface area contributed by atoms with E-state index in [-0.39, 0.29) is 23.6 Å². The maximum atomic E-state index is 9.75. The largest absolute Gasteiger partial charge is 0.497 e. The lowest BCUT2D eigenvalue weighted by atomic mass is 9.87. The Morgan fingerprint density at radius 1 is 1.17 bits per heavy atom. The molecule has 7 heterocycles. The average Bonchev–Trinajstić information content (AvgIpc) is 3.47. The van der Waals surface area contributed by atoms with Gasteiger partial charge in [0.2, 0.25) is 0 Å². The predicted molar refractivity (Wildman–Crippen MR) is 152 cm³/mol. The molecule has 3 unspecified atom stereocenters. The summed E-state index contributed by atoms with van der Waals surface area (Å²) in [6.07, 6.45) is 6.18. The van der Waals surface area contributed by atoms with Gasteiger partial charge >= 0.3 is 0 Å². The number of hydrogen-bond donors (Lipinski definition) is 1. The lowest BCUT2D eigenvalue weighted by molar-refractivity contribution is -0.00870. The van der Waals surface area contributed by atoms with E-state index in [0.29, 0.717) is 66.5 Å². The molecule has 11 nitrogen and oxygen atoms in total. The van der Waals surface area contributed by atoms with Crippen molar-refractivity contribution in [2.75, 3.05) is 51.3 Å². The minimum absolute atomic E-state index is 0.0738. The number of fused-ring (bicyclic) bond motifs is 3. The molecule has 2 bridgehead atoms. The fourth-order valence-electron chi connectivity index (χ4n) is 5.55. The molecule has 4 aliphatic rings. The summed E-state index contributed by atoms with van der Waals surface area (Å²) in [4.78, 5) is 13.3. The highest BCUT2D eigenvalue weighted by molar-refractivity contribution is 5.83. The van der Waals surface area contributed by atoms with Crippen molar-refractivity contribution in [2.24, 2.45) is 0 Å². The van der Waals surface area contributed by atoms with E-state index in [9.17, 15) is 5.26 Å². The highest BCUT2D eigenvalue weighted by Crippen LogP contribution is 2.36. The van der Waals surface area contributed by atoms with Gasteiger partial charge in [-0.2, -0.15) is 10.4 Å². The van der Waals surface area contributed by atoms with Crippen LogP contribution >= 0.6 is 0 Å². The van der Waals surface area contributed by atoms with Crippen LogP contribution in [0.1, 0.15) is 27.1 Å². The van der Waals surface area contributed by atoms with Crippen molar-refractivity contribution in [1.29, 1.82) is 5.26 Å². The zero-order chi connectivity index (χ0) is 33.8. The van der Waals surface area contributed by atoms with E-state index >= 15 is 0 Å². The summed E-state index contributed by atoms with van der Waals surface area (Å²) in [5, 5.41) is 17.1. The predicted octanol–water partition coefficient (Wildman–Crippen LogP) is 2.50. The number of nitriles is 1. The van der Waals surface area contributed by atoms with Crippen LogP contribution in [0.15, 0.2) is 55.1 Å². The molecule has 1 aromatic carbocycles. The normalized spacial score (nSPS) is 25.8. The standard InChI is InChI=1S/C30H32N8O3/c1-39-24-4-2-20(3-5-24)15-37-22-8-23(37)17-36(16-22)29-14-33-28(13-34-29)27-9-25(41-19-26-12-32-6-7-40-26)18-38-30(27)21(10-31)11-35-38/h2-5,9,11,13-14,18,22-23,26,32H,6-8,12,15-17,19H2,1H3/i1D3,15D2,19D2. The minimum Gasteiger partial charge on any atom is -0.497 e. The number of rotatable bonds is 8. The van der Waals surface area contributed by atoms with Crippen molar-refractivity contribution in [3.63, 3.8) is 0 Å². The summed E-state index contributed by atoms with van der Waals surface area (Å²) in [6, 6.07) is 9.67. The van der Waals surface area contributed by atoms with Crippen LogP contribution in [0.5, 0.6) is 11.5 Å². The van der Waals surface area contributed by atoms with Gasteiger partial charge in [-0.15, -0.1) is 0 Å². The molecule has 210 valence electrons. The van der Waals surface area contributed by atoms with E-state index in [2.05, 4.69) is 31.4 Å². The molecule has 3 aromatic heterocycles. The molecule has 11 heteroatoms. The van der Waals surface area contributed by atoms with E-state index in [1.807, 2.05) is 4.90 Å². The highest BCUT2D eigenvalue weighted by atomic mass is 16.5. The van der Waals surface area contributed by atoms with Gasteiger partial charge < -0.3 is 24.4 Å². The summed E-state index contributed by atoms with van der Waals surface area (Å²) in [7, 11) is -2.58. The van der Waals surface area contributed by atoms with Crippen molar-refractivity contribution >= 4 is 11.3 Å². The number of anilines is 1. The summed E-state index contributed by atoms with van der Waals surface area (Å²) in [5.74, 6) is 0.951. The molecule has 0 amide bonds. The second-order valence-corrected chi connectivity index (χ2v) is 10.2. The first-order valence-electron chi connectivity index (χ1n) is 16.9. The molecule has 8 rings (SSSR count). The molecule has 0 radical (unpaired) electrons. The number of ether oxygens (including phenoxy) is 3. The topological polar surface area (TPSA) is 113 Å². The summed E-state index contributed by atoms with van der Waals surface area (Å²) in [6.45, 7) is -1.55. The number of pyridine rings is 1. The van der Waals surface area contributed by atoms with E-state index in [1.165, 1.54) is 29.0 Å². The number of nitrogens with one attached hydrogen (secondary N) is 1. The number of nitrogens with zero attached hydrogens (tertiary/aromatic N) is 7. The van der Waals surface area contributed by atoms with Crippen molar-refractivity contribution in [2.45, 2.75) is 31.1 Å². The molecule has 4 fully saturated rings. The fourth-order valence-corrected chi connectivity index (χ4v) is 5.55. The van der Waals surface area contributed by atoms with E-state index < -0.39 is 26.2 Å². The zero-order valence-corrected chi connectivity index (χ0v) is 22.0. The number of hydrogen-bond acceptors (Lipinski definition) is 10. The molecule has 4 aliphatic heterocycles. The van der Waals surface area contributed by atoms with Crippen LogP contribution in [0, 0.1) is 11.3 Å². The van der Waals surface area contributed by atoms with E-state index in [0.717, 1.165) is 6.42 Å². The van der Waals surface area contributed by atoms with Gasteiger partial charge in [0.05, 0.1) is 62.1 Å². The Morgan fingerprint density at radius 2 is 2.05 bits per heavy atom. The monoisotopic (exact) mass is 559 g/mol. The Balaban J connectivity index is 1.08. The van der Waals surface area contributed by atoms with Gasteiger partial charge in [-0.05, 0) is 30.2 Å². The number of piperidine rings is 1. The van der Waals surface area contributed by atoms with Crippen LogP contribution in [0.2, 0.25) is 0 Å². The van der Waals surface area contributed by atoms with Crippen molar-refractivity contribution in [3.8, 4) is 28.8 Å². The highest BCUT2D eigenvalue weighted by Gasteiger charge is 2.44. The number of aromatic nitrogens is 4. The third kappa shape index (κ3) is 5.06. The third-order valence-electron chi connectivity index (χ3n) is 7.60. The number of morpholine rings is 1. The lowest BCUT2D eigenvalue weighted by Gasteiger charge is -2.56. The Morgan fingerprint density at radius 3 is 2.78 bits per heavy atom. The molecule has 1 N–H and O–H groups in total. The van der Waals surface area contributed by atoms with E-state index in [4.69, 9.17) is 23.8 Å². The maximum absolute atomic E-state index is 9.75. The van der Waals surface area contributed by atoms with Gasteiger partial charge in [-0.1, -0.05) is 12.1 Å². The lowest BCUT2D eigenvalue weighted by Crippen LogP contribution is -2.68. The van der Waals surface area contributed by atoms with Crippen LogP contribution in [0.25, 0.3) is 16.8 Å². The molecule has 41 heavy (non-hydrogen) atoms. The molecule has 0 spiro atoms. The molecular formula is C30H32N8O3. The molecule has 4 aromatic rings. The fraction of sp³-hybridized carbons (Fsp3) is 0.400. The second kappa shape index (κ2) is 11.0. The van der Waals surface area contributed by atoms with Gasteiger partial charge in [0, 0.05) is 53.1 Å². The number of benzene rings is 1. The third-order valence-corrected chi connectivity index (χ3v) is 7.60. The Hall–Kier alpha value is -4.24. The number of methoxy groups -OCH3 is 1. The second-order valence-electron chi connectivity index (χ2n) is 10.2. The van der Waals surface area contributed by atoms with Gasteiger partial charge in [0.1, 0.15) is 36.0 Å². The van der Waals surface area contributed by atoms with Crippen LogP contribution in [0.3, 0.4) is 0 Å². The maximum Gasteiger partial charge on any atom is 0.147 e. The molecule has 4 saturated heterocycles. The first kappa shape index (κ1) is 19.0. The first-order valence-corrected chi connectivity index (χ1v) is 13.4. The molecular weight excluding hydrogens is 520 g/mol. The van der Waals surface area contributed by atoms with Crippen LogP contribution in [0.4, 0.5) is 5.82 Å². The van der Waals surface area contributed by atoms with Crippen molar-refractivity contribution in [1.82, 2.24) is 29.8 Å². The minimum atomic E-state index is -2.58. The SMILES string of the molecule is [2H]C([2H])([2H])Oc1ccc(C([2H])([2H])N2C3CC2CN(c2cnc(-c4cc(OC([2H])([2H])C5CNCCO5)cn5ncc(C#N)c45)cn2)C3)cc1. The van der Waals surface area contributed by atoms with Gasteiger partial charge in [-0.25, -0.2) is 9.50 Å². The smallest absolute Gasteiger partial charge is 0.147 e. The quantitative estimate of drug-likeness (QED) is 0.346. The molecule has 3 atom stereocenters. The Kier molecular flexibility index (Phi) is 5.08. The van der Waals surface area contributed by atoms with Crippen molar-refractivity contribution < 1.29 is 23.8 Å². The van der Waals surface area contributed by atoms with Gasteiger partial charge in [0.15, 0.2) is 0 Å². The summed E-state index contributed by atoms with van der Waals surface area (Å²) in [5.41, 5.74) is 2.15. The van der Waals surface area contributed by atoms with Gasteiger partial charge in [-0.3, -0.25) is 9.88 Å². The van der Waals surface area contributed by atoms with Crippen LogP contribution in [-0.4, -0.2) is 89.1 Å². The summed E-state index contributed by atoms with van der Waals surface area (Å²) < 4.78 is 74.4. The Labute approximate surface area is 248 Å².